The first-order chi connectivity index (χ1) is 18.4. The zero-order chi connectivity index (χ0) is 26.6. The number of nitrogens with one attached hydrogen (secondary N) is 1. The predicted octanol–water partition coefficient (Wildman–Crippen LogP) is 6.76. The van der Waals surface area contributed by atoms with Crippen molar-refractivity contribution in [1.29, 1.82) is 0 Å². The van der Waals surface area contributed by atoms with E-state index in [2.05, 4.69) is 5.32 Å². The molecule has 0 radical (unpaired) electrons. The van der Waals surface area contributed by atoms with E-state index in [4.69, 9.17) is 14.7 Å². The van der Waals surface area contributed by atoms with Crippen LogP contribution < -0.4 is 5.32 Å². The molecule has 38 heavy (non-hydrogen) atoms. The Morgan fingerprint density at radius 1 is 0.711 bits per heavy atom. The van der Waals surface area contributed by atoms with Crippen LogP contribution in [0.4, 0.5) is 5.69 Å². The second-order valence-corrected chi connectivity index (χ2v) is 9.19. The maximum atomic E-state index is 12.9. The minimum Gasteiger partial charge on any atom is -0.449 e. The molecule has 1 atom stereocenters. The van der Waals surface area contributed by atoms with Gasteiger partial charge in [-0.1, -0.05) is 66.7 Å². The summed E-state index contributed by atoms with van der Waals surface area (Å²) in [6, 6.07) is 30.4. The zero-order valence-corrected chi connectivity index (χ0v) is 21.4. The van der Waals surface area contributed by atoms with E-state index >= 15 is 0 Å². The third-order valence-corrected chi connectivity index (χ3v) is 6.42. The number of aryl methyl sites for hydroxylation is 2. The number of aromatic nitrogens is 2. The average Bonchev–Trinajstić information content (AvgIpc) is 2.94. The maximum absolute atomic E-state index is 12.9. The summed E-state index contributed by atoms with van der Waals surface area (Å²) in [5.74, 6) is -1.01. The van der Waals surface area contributed by atoms with Gasteiger partial charge in [0.05, 0.1) is 28.0 Å². The standard InChI is InChI=1S/C32H27N3O3/c1-20-14-16-26(18-21(20)2)33-31(36)22(3)38-32(37)25-15-17-27-28(19-25)35-30(24-12-8-5-9-13-24)29(34-27)23-10-6-4-7-11-23/h4-19,22H,1-3H3,(H,33,36). The van der Waals surface area contributed by atoms with Crippen molar-refractivity contribution in [3.63, 3.8) is 0 Å². The lowest BCUT2D eigenvalue weighted by Crippen LogP contribution is -2.30. The second-order valence-electron chi connectivity index (χ2n) is 9.19. The van der Waals surface area contributed by atoms with Gasteiger partial charge in [0.25, 0.3) is 5.91 Å². The Morgan fingerprint density at radius 2 is 1.32 bits per heavy atom. The largest absolute Gasteiger partial charge is 0.449 e. The topological polar surface area (TPSA) is 81.2 Å². The molecular weight excluding hydrogens is 474 g/mol. The maximum Gasteiger partial charge on any atom is 0.338 e. The first-order valence-corrected chi connectivity index (χ1v) is 12.4. The molecule has 5 aromatic rings. The van der Waals surface area contributed by atoms with Crippen LogP contribution in [0.2, 0.25) is 0 Å². The molecule has 0 bridgehead atoms. The molecule has 1 N–H and O–H groups in total. The number of rotatable bonds is 6. The molecule has 6 nitrogen and oxygen atoms in total. The lowest BCUT2D eigenvalue weighted by Gasteiger charge is -2.15. The highest BCUT2D eigenvalue weighted by Gasteiger charge is 2.20. The van der Waals surface area contributed by atoms with Crippen molar-refractivity contribution in [3.05, 3.63) is 114 Å². The minimum absolute atomic E-state index is 0.295. The number of esters is 1. The van der Waals surface area contributed by atoms with Crippen LogP contribution in [0.1, 0.15) is 28.4 Å². The van der Waals surface area contributed by atoms with Gasteiger partial charge in [-0.05, 0) is 62.2 Å². The van der Waals surface area contributed by atoms with Gasteiger partial charge in [0, 0.05) is 16.8 Å². The summed E-state index contributed by atoms with van der Waals surface area (Å²) >= 11 is 0. The molecule has 1 unspecified atom stereocenters. The van der Waals surface area contributed by atoms with Crippen molar-refractivity contribution in [2.45, 2.75) is 26.9 Å². The highest BCUT2D eigenvalue weighted by Crippen LogP contribution is 2.31. The third kappa shape index (κ3) is 5.30. The van der Waals surface area contributed by atoms with Gasteiger partial charge in [-0.3, -0.25) is 4.79 Å². The van der Waals surface area contributed by atoms with Crippen molar-refractivity contribution < 1.29 is 14.3 Å². The van der Waals surface area contributed by atoms with Crippen molar-refractivity contribution >= 4 is 28.6 Å². The number of carbonyl (C=O) groups excluding carboxylic acids is 2. The van der Waals surface area contributed by atoms with E-state index in [-0.39, 0.29) is 0 Å². The molecule has 6 heteroatoms. The van der Waals surface area contributed by atoms with Crippen LogP contribution in [-0.2, 0) is 9.53 Å². The number of fused-ring (bicyclic) bond motifs is 1. The van der Waals surface area contributed by atoms with Crippen molar-refractivity contribution in [2.24, 2.45) is 0 Å². The van der Waals surface area contributed by atoms with Crippen LogP contribution in [0.5, 0.6) is 0 Å². The van der Waals surface area contributed by atoms with E-state index in [1.807, 2.05) is 92.7 Å². The molecule has 0 aliphatic rings. The number of hydrogen-bond acceptors (Lipinski definition) is 5. The zero-order valence-electron chi connectivity index (χ0n) is 21.4. The van der Waals surface area contributed by atoms with Gasteiger partial charge in [0.15, 0.2) is 6.10 Å². The van der Waals surface area contributed by atoms with Crippen LogP contribution in [0, 0.1) is 13.8 Å². The van der Waals surface area contributed by atoms with Gasteiger partial charge in [-0.15, -0.1) is 0 Å². The molecule has 0 saturated carbocycles. The highest BCUT2D eigenvalue weighted by atomic mass is 16.5. The Hall–Kier alpha value is -4.84. The van der Waals surface area contributed by atoms with E-state index in [9.17, 15) is 9.59 Å². The van der Waals surface area contributed by atoms with Gasteiger partial charge < -0.3 is 10.1 Å². The molecule has 0 saturated heterocycles. The van der Waals surface area contributed by atoms with Crippen LogP contribution in [0.25, 0.3) is 33.5 Å². The fraction of sp³-hybridized carbons (Fsp3) is 0.125. The monoisotopic (exact) mass is 501 g/mol. The number of nitrogens with zero attached hydrogens (tertiary/aromatic N) is 2. The lowest BCUT2D eigenvalue weighted by atomic mass is 10.0. The molecular formula is C32H27N3O3. The van der Waals surface area contributed by atoms with Crippen LogP contribution in [0.15, 0.2) is 97.1 Å². The van der Waals surface area contributed by atoms with Crippen LogP contribution >= 0.6 is 0 Å². The summed E-state index contributed by atoms with van der Waals surface area (Å²) < 4.78 is 5.48. The molecule has 4 aromatic carbocycles. The molecule has 188 valence electrons. The third-order valence-electron chi connectivity index (χ3n) is 6.42. The number of carbonyl (C=O) groups is 2. The Balaban J connectivity index is 1.41. The molecule has 1 aromatic heterocycles. The summed E-state index contributed by atoms with van der Waals surface area (Å²) in [6.45, 7) is 5.53. The number of amides is 1. The van der Waals surface area contributed by atoms with Crippen LogP contribution in [-0.4, -0.2) is 27.9 Å². The summed E-state index contributed by atoms with van der Waals surface area (Å²) in [5.41, 5.74) is 7.72. The Labute approximate surface area is 221 Å². The van der Waals surface area contributed by atoms with Gasteiger partial charge in [-0.25, -0.2) is 14.8 Å². The molecule has 5 rings (SSSR count). The molecule has 0 aliphatic carbocycles. The first-order valence-electron chi connectivity index (χ1n) is 12.4. The van der Waals surface area contributed by atoms with Crippen molar-refractivity contribution in [3.8, 4) is 22.5 Å². The Bertz CT molecular complexity index is 1630. The average molecular weight is 502 g/mol. The fourth-order valence-electron chi connectivity index (χ4n) is 4.12. The van der Waals surface area contributed by atoms with Gasteiger partial charge in [0.2, 0.25) is 0 Å². The number of benzene rings is 4. The molecule has 1 amide bonds. The van der Waals surface area contributed by atoms with E-state index in [0.29, 0.717) is 22.3 Å². The normalized spacial score (nSPS) is 11.7. The summed E-state index contributed by atoms with van der Waals surface area (Å²) in [5, 5.41) is 2.81. The van der Waals surface area contributed by atoms with E-state index in [1.54, 1.807) is 25.1 Å². The minimum atomic E-state index is -0.980. The highest BCUT2D eigenvalue weighted by molar-refractivity contribution is 5.99. The van der Waals surface area contributed by atoms with Gasteiger partial charge in [-0.2, -0.15) is 0 Å². The van der Waals surface area contributed by atoms with Crippen LogP contribution in [0.3, 0.4) is 0 Å². The van der Waals surface area contributed by atoms with Crippen molar-refractivity contribution in [2.75, 3.05) is 5.32 Å². The lowest BCUT2D eigenvalue weighted by molar-refractivity contribution is -0.123. The molecule has 0 aliphatic heterocycles. The fourth-order valence-corrected chi connectivity index (χ4v) is 4.12. The first kappa shape index (κ1) is 24.8. The Kier molecular flexibility index (Phi) is 6.96. The summed E-state index contributed by atoms with van der Waals surface area (Å²) in [4.78, 5) is 35.4. The SMILES string of the molecule is Cc1ccc(NC(=O)C(C)OC(=O)c2ccc3nc(-c4ccccc4)c(-c4ccccc4)nc3c2)cc1C. The number of hydrogen-bond donors (Lipinski definition) is 1. The molecule has 1 heterocycles. The predicted molar refractivity (Wildman–Crippen MR) is 150 cm³/mol. The Morgan fingerprint density at radius 3 is 1.92 bits per heavy atom. The second kappa shape index (κ2) is 10.6. The van der Waals surface area contributed by atoms with E-state index < -0.39 is 18.0 Å². The van der Waals surface area contributed by atoms with Gasteiger partial charge in [0.1, 0.15) is 0 Å². The van der Waals surface area contributed by atoms with Gasteiger partial charge >= 0.3 is 5.97 Å². The van der Waals surface area contributed by atoms with E-state index in [1.165, 1.54) is 0 Å². The van der Waals surface area contributed by atoms with Crippen molar-refractivity contribution in [1.82, 2.24) is 9.97 Å². The number of anilines is 1. The quantitative estimate of drug-likeness (QED) is 0.260. The molecule has 0 spiro atoms. The number of ether oxygens (including phenoxy) is 1. The van der Waals surface area contributed by atoms with E-state index in [0.717, 1.165) is 33.6 Å². The molecule has 0 fully saturated rings. The summed E-state index contributed by atoms with van der Waals surface area (Å²) in [7, 11) is 0. The summed E-state index contributed by atoms with van der Waals surface area (Å²) in [6.07, 6.45) is -0.980. The smallest absolute Gasteiger partial charge is 0.338 e.